The molecule has 1 aromatic rings. The second-order valence-corrected chi connectivity index (χ2v) is 2.69. The minimum absolute atomic E-state index is 0.261. The second-order valence-electron chi connectivity index (χ2n) is 2.69. The van der Waals surface area contributed by atoms with Crippen molar-refractivity contribution in [2.75, 3.05) is 0 Å². The minimum Gasteiger partial charge on any atom is -0.504 e. The quantitative estimate of drug-likeness (QED) is 0.309. The maximum Gasteiger partial charge on any atom is 0.350 e. The van der Waals surface area contributed by atoms with E-state index >= 15 is 0 Å². The number of fused-ring (bicyclic) bond motifs is 1. The molecule has 1 aliphatic rings. The van der Waals surface area contributed by atoms with Crippen LogP contribution < -0.4 is 0 Å². The number of rotatable bonds is 0. The fourth-order valence-corrected chi connectivity index (χ4v) is 1.20. The third kappa shape index (κ3) is 0.846. The fourth-order valence-electron chi connectivity index (χ4n) is 1.20. The lowest BCUT2D eigenvalue weighted by Gasteiger charge is -2.02. The normalized spacial score (nSPS) is 14.0. The lowest BCUT2D eigenvalue weighted by Crippen LogP contribution is -1.97. The highest BCUT2D eigenvalue weighted by Crippen LogP contribution is 2.42. The molecule has 1 heterocycles. The van der Waals surface area contributed by atoms with Gasteiger partial charge in [0.25, 0.3) is 0 Å². The largest absolute Gasteiger partial charge is 0.504 e. The van der Waals surface area contributed by atoms with Crippen LogP contribution in [0, 0.1) is 0 Å². The Morgan fingerprint density at radius 3 is 2.29 bits per heavy atom. The van der Waals surface area contributed by atoms with E-state index in [1.54, 1.807) is 0 Å². The Balaban J connectivity index is 2.82. The van der Waals surface area contributed by atoms with Gasteiger partial charge in [0.2, 0.25) is 5.75 Å². The molecule has 72 valence electrons. The smallest absolute Gasteiger partial charge is 0.350 e. The van der Waals surface area contributed by atoms with E-state index < -0.39 is 34.8 Å². The van der Waals surface area contributed by atoms with Gasteiger partial charge < -0.3 is 20.1 Å². The predicted molar refractivity (Wildman–Crippen MR) is 41.2 cm³/mol. The Morgan fingerprint density at radius 2 is 1.64 bits per heavy atom. The molecule has 1 aliphatic heterocycles. The van der Waals surface area contributed by atoms with E-state index in [4.69, 9.17) is 10.2 Å². The molecule has 0 fully saturated rings. The summed E-state index contributed by atoms with van der Waals surface area (Å²) >= 11 is 0. The van der Waals surface area contributed by atoms with Crippen molar-refractivity contribution >= 4 is 11.9 Å². The monoisotopic (exact) mass is 196 g/mol. The fraction of sp³-hybridized carbons (Fsp3) is 0. The standard InChI is InChI=1S/C8H4O6/c9-3-1-2-4(6(11)5(3)10)8(13)14-7(2)12/h1,9-11H. The number of aromatic hydroxyl groups is 3. The number of phenols is 3. The van der Waals surface area contributed by atoms with Crippen molar-refractivity contribution in [1.82, 2.24) is 0 Å². The van der Waals surface area contributed by atoms with Gasteiger partial charge in [-0.05, 0) is 6.07 Å². The predicted octanol–water partition coefficient (Wildman–Crippen LogP) is 0.114. The van der Waals surface area contributed by atoms with Crippen LogP contribution in [-0.4, -0.2) is 27.3 Å². The van der Waals surface area contributed by atoms with Crippen LogP contribution in [0.2, 0.25) is 0 Å². The van der Waals surface area contributed by atoms with E-state index in [0.29, 0.717) is 0 Å². The zero-order valence-electron chi connectivity index (χ0n) is 6.64. The van der Waals surface area contributed by atoms with Crippen LogP contribution in [0.5, 0.6) is 17.2 Å². The second kappa shape index (κ2) is 2.38. The molecule has 0 radical (unpaired) electrons. The van der Waals surface area contributed by atoms with Crippen molar-refractivity contribution in [2.24, 2.45) is 0 Å². The summed E-state index contributed by atoms with van der Waals surface area (Å²) in [6, 6.07) is 0.859. The van der Waals surface area contributed by atoms with Gasteiger partial charge in [-0.2, -0.15) is 0 Å². The molecule has 0 bridgehead atoms. The lowest BCUT2D eigenvalue weighted by atomic mass is 10.1. The summed E-state index contributed by atoms with van der Waals surface area (Å²) in [7, 11) is 0. The van der Waals surface area contributed by atoms with Gasteiger partial charge in [0.15, 0.2) is 11.5 Å². The highest BCUT2D eigenvalue weighted by Gasteiger charge is 2.35. The average Bonchev–Trinajstić information content (AvgIpc) is 2.38. The highest BCUT2D eigenvalue weighted by molar-refractivity contribution is 6.16. The topological polar surface area (TPSA) is 104 Å². The van der Waals surface area contributed by atoms with Gasteiger partial charge in [-0.1, -0.05) is 0 Å². The van der Waals surface area contributed by atoms with Crippen LogP contribution >= 0.6 is 0 Å². The number of hydrogen-bond donors (Lipinski definition) is 3. The third-order valence-electron chi connectivity index (χ3n) is 1.86. The molecule has 0 aromatic heterocycles. The van der Waals surface area contributed by atoms with Gasteiger partial charge in [-0.15, -0.1) is 0 Å². The maximum atomic E-state index is 11.0. The minimum atomic E-state index is -1.04. The highest BCUT2D eigenvalue weighted by atomic mass is 16.6. The first-order valence-corrected chi connectivity index (χ1v) is 3.56. The van der Waals surface area contributed by atoms with Gasteiger partial charge in [0, 0.05) is 0 Å². The molecule has 0 atom stereocenters. The average molecular weight is 196 g/mol. The Hall–Kier alpha value is -2.24. The van der Waals surface area contributed by atoms with Crippen molar-refractivity contribution in [1.29, 1.82) is 0 Å². The number of esters is 2. The maximum absolute atomic E-state index is 11.0. The van der Waals surface area contributed by atoms with Crippen LogP contribution in [0.15, 0.2) is 6.07 Å². The number of carbonyl (C=O) groups is 2. The van der Waals surface area contributed by atoms with Crippen LogP contribution in [-0.2, 0) is 4.74 Å². The van der Waals surface area contributed by atoms with Crippen molar-refractivity contribution in [3.05, 3.63) is 17.2 Å². The van der Waals surface area contributed by atoms with Crippen LogP contribution in [0.1, 0.15) is 20.7 Å². The van der Waals surface area contributed by atoms with Crippen molar-refractivity contribution < 1.29 is 29.6 Å². The Bertz CT molecular complexity index is 461. The van der Waals surface area contributed by atoms with E-state index in [1.165, 1.54) is 0 Å². The SMILES string of the molecule is O=C1OC(=O)c2c1cc(O)c(O)c2O. The molecule has 14 heavy (non-hydrogen) atoms. The molecule has 6 heteroatoms. The van der Waals surface area contributed by atoms with Crippen LogP contribution in [0.4, 0.5) is 0 Å². The van der Waals surface area contributed by atoms with Gasteiger partial charge >= 0.3 is 11.9 Å². The van der Waals surface area contributed by atoms with Crippen LogP contribution in [0.25, 0.3) is 0 Å². The van der Waals surface area contributed by atoms with Gasteiger partial charge in [-0.3, -0.25) is 0 Å². The summed E-state index contributed by atoms with van der Waals surface area (Å²) in [5.41, 5.74) is -0.687. The molecule has 0 amide bonds. The van der Waals surface area contributed by atoms with Crippen molar-refractivity contribution in [3.63, 3.8) is 0 Å². The van der Waals surface area contributed by atoms with E-state index in [9.17, 15) is 14.7 Å². The Morgan fingerprint density at radius 1 is 1.00 bits per heavy atom. The Kier molecular flexibility index (Phi) is 1.42. The number of carbonyl (C=O) groups excluding carboxylic acids is 2. The first kappa shape index (κ1) is 8.36. The van der Waals surface area contributed by atoms with E-state index in [-0.39, 0.29) is 5.56 Å². The van der Waals surface area contributed by atoms with E-state index in [2.05, 4.69) is 4.74 Å². The number of benzene rings is 1. The zero-order chi connectivity index (χ0) is 10.5. The molecule has 0 spiro atoms. The van der Waals surface area contributed by atoms with Crippen LogP contribution in [0.3, 0.4) is 0 Å². The first-order chi connectivity index (χ1) is 6.52. The molecule has 6 nitrogen and oxygen atoms in total. The summed E-state index contributed by atoms with van der Waals surface area (Å²) in [6.45, 7) is 0. The van der Waals surface area contributed by atoms with Crippen molar-refractivity contribution in [3.8, 4) is 17.2 Å². The number of phenolic OH excluding ortho intramolecular Hbond substituents is 3. The zero-order valence-corrected chi connectivity index (χ0v) is 6.64. The molecule has 2 rings (SSSR count). The lowest BCUT2D eigenvalue weighted by molar-refractivity contribution is 0.0442. The van der Waals surface area contributed by atoms with Gasteiger partial charge in [0.1, 0.15) is 5.56 Å². The molecule has 0 saturated heterocycles. The van der Waals surface area contributed by atoms with Gasteiger partial charge in [-0.25, -0.2) is 9.59 Å². The van der Waals surface area contributed by atoms with Crippen molar-refractivity contribution in [2.45, 2.75) is 0 Å². The summed E-state index contributed by atoms with van der Waals surface area (Å²) in [5, 5.41) is 27.3. The van der Waals surface area contributed by atoms with E-state index in [0.717, 1.165) is 6.07 Å². The summed E-state index contributed by atoms with van der Waals surface area (Å²) in [4.78, 5) is 21.9. The number of cyclic esters (lactones) is 2. The first-order valence-electron chi connectivity index (χ1n) is 3.56. The number of ether oxygens (including phenoxy) is 1. The molecule has 3 N–H and O–H groups in total. The van der Waals surface area contributed by atoms with E-state index in [1.807, 2.05) is 0 Å². The number of hydrogen-bond acceptors (Lipinski definition) is 6. The molecular formula is C8H4O6. The Labute approximate surface area is 77.0 Å². The molecule has 0 aliphatic carbocycles. The molecule has 0 unspecified atom stereocenters. The summed E-state index contributed by atoms with van der Waals surface area (Å²) in [6.07, 6.45) is 0. The molecule has 0 saturated carbocycles. The molecular weight excluding hydrogens is 192 g/mol. The molecule has 1 aromatic carbocycles. The third-order valence-corrected chi connectivity index (χ3v) is 1.86. The summed E-state index contributed by atoms with van der Waals surface area (Å²) < 4.78 is 4.16. The van der Waals surface area contributed by atoms with Gasteiger partial charge in [0.05, 0.1) is 5.56 Å². The summed E-state index contributed by atoms with van der Waals surface area (Å²) in [5.74, 6) is -4.40.